The summed E-state index contributed by atoms with van der Waals surface area (Å²) in [5.41, 5.74) is 4.35. The average Bonchev–Trinajstić information content (AvgIpc) is 3.01. The third-order valence-electron chi connectivity index (χ3n) is 3.39. The minimum Gasteiger partial charge on any atom is -0.443 e. The molecule has 0 bridgehead atoms. The molecule has 0 fully saturated rings. The number of hydrogen-bond acceptors (Lipinski definition) is 8. The van der Waals surface area contributed by atoms with Gasteiger partial charge < -0.3 is 19.9 Å². The van der Waals surface area contributed by atoms with E-state index in [9.17, 15) is 9.59 Å². The van der Waals surface area contributed by atoms with Gasteiger partial charge in [0.1, 0.15) is 16.9 Å². The fourth-order valence-electron chi connectivity index (χ4n) is 2.25. The Hall–Kier alpha value is -3.30. The fraction of sp³-hybridized carbons (Fsp3) is 0.500. The van der Waals surface area contributed by atoms with Crippen LogP contribution in [0.2, 0.25) is 0 Å². The zero-order valence-corrected chi connectivity index (χ0v) is 18.4. The van der Waals surface area contributed by atoms with Gasteiger partial charge in [0.25, 0.3) is 0 Å². The predicted molar refractivity (Wildman–Crippen MR) is 112 cm³/mol. The maximum atomic E-state index is 12.9. The quantitative estimate of drug-likeness (QED) is 0.776. The molecule has 10 heteroatoms. The number of carbonyl (C=O) groups excluding carboxylic acids is 2. The lowest BCUT2D eigenvalue weighted by Crippen LogP contribution is -2.44. The van der Waals surface area contributed by atoms with Crippen LogP contribution in [0.5, 0.6) is 11.8 Å². The van der Waals surface area contributed by atoms with E-state index >= 15 is 0 Å². The monoisotopic (exact) mass is 419 g/mol. The third-order valence-corrected chi connectivity index (χ3v) is 3.39. The van der Waals surface area contributed by atoms with Crippen LogP contribution in [0.15, 0.2) is 24.5 Å². The fourth-order valence-corrected chi connectivity index (χ4v) is 2.25. The van der Waals surface area contributed by atoms with Crippen molar-refractivity contribution in [2.24, 2.45) is 0 Å². The molecule has 164 valence electrons. The van der Waals surface area contributed by atoms with E-state index in [2.05, 4.69) is 10.1 Å². The molecule has 30 heavy (non-hydrogen) atoms. The second-order valence-electron chi connectivity index (χ2n) is 8.50. The summed E-state index contributed by atoms with van der Waals surface area (Å²) in [5.74, 6) is 0.186. The zero-order chi connectivity index (χ0) is 22.7. The van der Waals surface area contributed by atoms with E-state index in [0.29, 0.717) is 11.4 Å². The van der Waals surface area contributed by atoms with Crippen molar-refractivity contribution in [3.05, 3.63) is 24.5 Å². The summed E-state index contributed by atoms with van der Waals surface area (Å²) in [4.78, 5) is 30.7. The number of anilines is 2. The van der Waals surface area contributed by atoms with Gasteiger partial charge in [0.2, 0.25) is 11.8 Å². The molecule has 0 saturated heterocycles. The lowest BCUT2D eigenvalue weighted by atomic mass is 10.2. The van der Waals surface area contributed by atoms with Crippen LogP contribution in [0.25, 0.3) is 0 Å². The molecule has 2 N–H and O–H groups in total. The summed E-state index contributed by atoms with van der Waals surface area (Å²) < 4.78 is 18.2. The molecule has 0 unspecified atom stereocenters. The van der Waals surface area contributed by atoms with E-state index in [4.69, 9.17) is 19.9 Å². The molecule has 2 heterocycles. The molecular weight excluding hydrogens is 390 g/mol. The van der Waals surface area contributed by atoms with E-state index in [1.807, 2.05) is 6.92 Å². The van der Waals surface area contributed by atoms with Crippen molar-refractivity contribution in [1.29, 1.82) is 0 Å². The minimum atomic E-state index is -0.951. The molecule has 0 aliphatic rings. The number of carbonyl (C=O) groups is 2. The predicted octanol–water partition coefficient (Wildman–Crippen LogP) is 4.35. The molecule has 0 aliphatic carbocycles. The van der Waals surface area contributed by atoms with E-state index in [0.717, 1.165) is 0 Å². The van der Waals surface area contributed by atoms with Gasteiger partial charge in [-0.2, -0.15) is 4.90 Å². The third kappa shape index (κ3) is 6.36. The highest BCUT2D eigenvalue weighted by Crippen LogP contribution is 2.33. The Morgan fingerprint density at radius 2 is 1.67 bits per heavy atom. The molecule has 0 aromatic carbocycles. The molecule has 0 aliphatic heterocycles. The van der Waals surface area contributed by atoms with Crippen LogP contribution >= 0.6 is 0 Å². The van der Waals surface area contributed by atoms with Crippen LogP contribution in [-0.4, -0.2) is 38.2 Å². The number of nitrogens with two attached hydrogens (primary N) is 1. The van der Waals surface area contributed by atoms with Crippen molar-refractivity contribution < 1.29 is 23.8 Å². The van der Waals surface area contributed by atoms with E-state index in [1.54, 1.807) is 58.5 Å². The number of aryl methyl sites for hydroxylation is 1. The molecule has 2 aromatic heterocycles. The largest absolute Gasteiger partial charge is 0.443 e. The molecule has 2 rings (SSSR count). The first-order valence-electron chi connectivity index (χ1n) is 9.52. The molecule has 0 atom stereocenters. The van der Waals surface area contributed by atoms with Crippen LogP contribution in [0, 0.1) is 0 Å². The van der Waals surface area contributed by atoms with Gasteiger partial charge in [0.05, 0.1) is 11.9 Å². The molecule has 2 amide bonds. The highest BCUT2D eigenvalue weighted by molar-refractivity contribution is 6.10. The number of nitrogen functional groups attached to an aromatic ring is 1. The van der Waals surface area contributed by atoms with Gasteiger partial charge in [-0.3, -0.25) is 4.68 Å². The van der Waals surface area contributed by atoms with Crippen LogP contribution in [0.3, 0.4) is 0 Å². The Labute approximate surface area is 175 Å². The number of rotatable bonds is 4. The van der Waals surface area contributed by atoms with Crippen molar-refractivity contribution in [2.75, 3.05) is 10.6 Å². The molecule has 10 nitrogen and oxygen atoms in total. The van der Waals surface area contributed by atoms with Crippen molar-refractivity contribution in [3.63, 3.8) is 0 Å². The average molecular weight is 419 g/mol. The first-order chi connectivity index (χ1) is 13.8. The second kappa shape index (κ2) is 8.60. The maximum Gasteiger partial charge on any atom is 0.424 e. The topological polar surface area (TPSA) is 122 Å². The Morgan fingerprint density at radius 3 is 2.13 bits per heavy atom. The second-order valence-corrected chi connectivity index (χ2v) is 8.50. The van der Waals surface area contributed by atoms with Crippen LogP contribution in [0.4, 0.5) is 21.0 Å². The number of pyridine rings is 1. The van der Waals surface area contributed by atoms with E-state index in [1.165, 1.54) is 12.3 Å². The van der Waals surface area contributed by atoms with Gasteiger partial charge in [0.15, 0.2) is 0 Å². The van der Waals surface area contributed by atoms with Gasteiger partial charge in [-0.05, 0) is 54.5 Å². The smallest absolute Gasteiger partial charge is 0.424 e. The summed E-state index contributed by atoms with van der Waals surface area (Å²) in [6.45, 7) is 12.7. The van der Waals surface area contributed by atoms with E-state index in [-0.39, 0.29) is 23.1 Å². The number of imide groups is 1. The van der Waals surface area contributed by atoms with Crippen molar-refractivity contribution >= 4 is 23.6 Å². The highest BCUT2D eigenvalue weighted by Gasteiger charge is 2.35. The molecule has 0 saturated carbocycles. The molecule has 0 spiro atoms. The summed E-state index contributed by atoms with van der Waals surface area (Å²) in [5, 5.41) is 4.23. The summed E-state index contributed by atoms with van der Waals surface area (Å²) in [7, 11) is 0. The van der Waals surface area contributed by atoms with Crippen LogP contribution < -0.4 is 15.4 Å². The first kappa shape index (κ1) is 23.0. The SMILES string of the molecule is CCn1ccc(Oc2ncc(N)cc2N(C(=O)OC(C)(C)C)C(=O)OC(C)(C)C)n1. The highest BCUT2D eigenvalue weighted by atomic mass is 16.6. The van der Waals surface area contributed by atoms with Crippen LogP contribution in [-0.2, 0) is 16.0 Å². The van der Waals surface area contributed by atoms with Crippen molar-refractivity contribution in [1.82, 2.24) is 14.8 Å². The Balaban J connectivity index is 2.51. The van der Waals surface area contributed by atoms with Gasteiger partial charge in [-0.25, -0.2) is 14.6 Å². The minimum absolute atomic E-state index is 0.0236. The summed E-state index contributed by atoms with van der Waals surface area (Å²) in [6.07, 6.45) is 1.17. The number of nitrogens with zero attached hydrogens (tertiary/aromatic N) is 4. The van der Waals surface area contributed by atoms with Crippen molar-refractivity contribution in [2.45, 2.75) is 66.2 Å². The van der Waals surface area contributed by atoms with Crippen molar-refractivity contribution in [3.8, 4) is 11.8 Å². The van der Waals surface area contributed by atoms with Gasteiger partial charge >= 0.3 is 12.2 Å². The first-order valence-corrected chi connectivity index (χ1v) is 9.52. The molecule has 0 radical (unpaired) electrons. The number of amides is 2. The lowest BCUT2D eigenvalue weighted by Gasteiger charge is -2.29. The summed E-state index contributed by atoms with van der Waals surface area (Å²) >= 11 is 0. The normalized spacial score (nSPS) is 11.7. The Bertz CT molecular complexity index is 883. The van der Waals surface area contributed by atoms with Gasteiger partial charge in [0, 0.05) is 18.8 Å². The van der Waals surface area contributed by atoms with E-state index < -0.39 is 23.4 Å². The lowest BCUT2D eigenvalue weighted by molar-refractivity contribution is 0.0429. The maximum absolute atomic E-state index is 12.9. The number of ether oxygens (including phenoxy) is 3. The molecule has 2 aromatic rings. The summed E-state index contributed by atoms with van der Waals surface area (Å²) in [6, 6.07) is 3.02. The van der Waals surface area contributed by atoms with Crippen LogP contribution in [0.1, 0.15) is 48.5 Å². The number of hydrogen-bond donors (Lipinski definition) is 1. The Kier molecular flexibility index (Phi) is 6.59. The van der Waals surface area contributed by atoms with Gasteiger partial charge in [-0.15, -0.1) is 5.10 Å². The number of aromatic nitrogens is 3. The zero-order valence-electron chi connectivity index (χ0n) is 18.4. The van der Waals surface area contributed by atoms with Gasteiger partial charge in [-0.1, -0.05) is 0 Å². The Morgan fingerprint density at radius 1 is 1.10 bits per heavy atom. The standard InChI is InChI=1S/C20H29N5O5/c1-8-24-10-9-15(23-24)28-16-14(11-13(21)12-22-16)25(17(26)29-19(2,3)4)18(27)30-20(5,6)7/h9-12H,8,21H2,1-7H3. The molecular formula is C20H29N5O5.